The van der Waals surface area contributed by atoms with Crippen molar-refractivity contribution in [2.24, 2.45) is 5.73 Å². The van der Waals surface area contributed by atoms with Crippen molar-refractivity contribution in [2.75, 3.05) is 6.54 Å². The van der Waals surface area contributed by atoms with E-state index in [4.69, 9.17) is 10.5 Å². The van der Waals surface area contributed by atoms with Crippen molar-refractivity contribution in [1.82, 2.24) is 15.5 Å². The molecular weight excluding hydrogens is 484 g/mol. The molecule has 1 aromatic carbocycles. The molecule has 0 aromatic heterocycles. The summed E-state index contributed by atoms with van der Waals surface area (Å²) in [5.41, 5.74) is 6.43. The van der Waals surface area contributed by atoms with Crippen molar-refractivity contribution < 1.29 is 23.9 Å². The van der Waals surface area contributed by atoms with Gasteiger partial charge >= 0.3 is 6.09 Å². The molecule has 0 radical (unpaired) electrons. The molecule has 0 spiro atoms. The lowest BCUT2D eigenvalue weighted by atomic mass is 9.90. The zero-order valence-corrected chi connectivity index (χ0v) is 24.7. The third-order valence-corrected chi connectivity index (χ3v) is 6.32. The van der Waals surface area contributed by atoms with E-state index in [1.807, 2.05) is 59.7 Å². The number of nitrogens with zero attached hydrogens (tertiary/aromatic N) is 1. The minimum atomic E-state index is -1.12. The van der Waals surface area contributed by atoms with Gasteiger partial charge in [-0.2, -0.15) is 0 Å². The topological polar surface area (TPSA) is 131 Å². The number of aryl methyl sites for hydroxylation is 2. The number of hydrogen-bond donors (Lipinski definition) is 3. The number of hydrogen-bond acceptors (Lipinski definition) is 5. The molecule has 4 amide bonds. The molecule has 0 saturated heterocycles. The first-order valence-electron chi connectivity index (χ1n) is 13.5. The summed E-state index contributed by atoms with van der Waals surface area (Å²) in [6.45, 7) is 17.3. The van der Waals surface area contributed by atoms with Crippen LogP contribution in [-0.4, -0.2) is 52.4 Å². The van der Waals surface area contributed by atoms with E-state index in [2.05, 4.69) is 10.6 Å². The molecule has 0 saturated carbocycles. The molecule has 0 heterocycles. The maximum atomic E-state index is 14.3. The van der Waals surface area contributed by atoms with Gasteiger partial charge in [0.25, 0.3) is 0 Å². The van der Waals surface area contributed by atoms with E-state index in [1.54, 1.807) is 25.7 Å². The van der Waals surface area contributed by atoms with Gasteiger partial charge in [-0.1, -0.05) is 49.6 Å². The number of nitrogens with one attached hydrogen (secondary N) is 2. The SMILES string of the molecule is CCCCNC(=O)C(c1cc(C)cc(C)c1)N(C(=O)C(CCC(N)=O)NC(=O)OC(C)(C)C)C(C)(C)CC. The first kappa shape index (κ1) is 32.9. The molecule has 0 aliphatic rings. The third-order valence-electron chi connectivity index (χ3n) is 6.32. The Balaban J connectivity index is 3.67. The van der Waals surface area contributed by atoms with E-state index >= 15 is 0 Å². The Bertz CT molecular complexity index is 963. The lowest BCUT2D eigenvalue weighted by Crippen LogP contribution is -2.59. The molecular formula is C29H48N4O5. The van der Waals surface area contributed by atoms with E-state index in [-0.39, 0.29) is 18.7 Å². The summed E-state index contributed by atoms with van der Waals surface area (Å²) in [6.07, 6.45) is 1.32. The van der Waals surface area contributed by atoms with Gasteiger partial charge in [-0.25, -0.2) is 4.79 Å². The second kappa shape index (κ2) is 14.2. The van der Waals surface area contributed by atoms with Crippen molar-refractivity contribution in [2.45, 2.75) is 118 Å². The van der Waals surface area contributed by atoms with E-state index in [1.165, 1.54) is 0 Å². The van der Waals surface area contributed by atoms with Gasteiger partial charge in [-0.05, 0) is 73.3 Å². The van der Waals surface area contributed by atoms with E-state index in [0.717, 1.165) is 24.0 Å². The summed E-state index contributed by atoms with van der Waals surface area (Å²) >= 11 is 0. The monoisotopic (exact) mass is 532 g/mol. The van der Waals surface area contributed by atoms with Crippen molar-refractivity contribution in [1.29, 1.82) is 0 Å². The standard InChI is InChI=1S/C29H48N4O5/c1-10-12-15-31-25(35)24(21-17-19(3)16-20(4)18-21)33(29(8,9)11-2)26(36)22(13-14-23(30)34)32-27(37)38-28(5,6)7/h16-18,22,24H,10-15H2,1-9H3,(H2,30,34)(H,31,35)(H,32,37). The fourth-order valence-electron chi connectivity index (χ4n) is 4.18. The van der Waals surface area contributed by atoms with Crippen molar-refractivity contribution in [3.8, 4) is 0 Å². The Morgan fingerprint density at radius 3 is 2.05 bits per heavy atom. The second-order valence-electron chi connectivity index (χ2n) is 11.5. The predicted octanol–water partition coefficient (Wildman–Crippen LogP) is 4.44. The summed E-state index contributed by atoms with van der Waals surface area (Å²) in [6, 6.07) is 3.74. The van der Waals surface area contributed by atoms with Crippen molar-refractivity contribution in [3.05, 3.63) is 34.9 Å². The summed E-state index contributed by atoms with van der Waals surface area (Å²) in [5.74, 6) is -1.39. The van der Waals surface area contributed by atoms with E-state index in [9.17, 15) is 19.2 Å². The maximum Gasteiger partial charge on any atom is 0.408 e. The maximum absolute atomic E-state index is 14.3. The van der Waals surface area contributed by atoms with Crippen LogP contribution in [0, 0.1) is 13.8 Å². The molecule has 0 aliphatic heterocycles. The lowest BCUT2D eigenvalue weighted by Gasteiger charge is -2.44. The fraction of sp³-hybridized carbons (Fsp3) is 0.655. The third kappa shape index (κ3) is 10.3. The van der Waals surface area contributed by atoms with Crippen LogP contribution in [0.2, 0.25) is 0 Å². The van der Waals surface area contributed by atoms with Crippen LogP contribution in [-0.2, 0) is 19.1 Å². The van der Waals surface area contributed by atoms with Crippen molar-refractivity contribution in [3.63, 3.8) is 0 Å². The lowest BCUT2D eigenvalue weighted by molar-refractivity contribution is -0.149. The number of nitrogens with two attached hydrogens (primary N) is 1. The molecule has 4 N–H and O–H groups in total. The molecule has 0 aliphatic carbocycles. The minimum Gasteiger partial charge on any atom is -0.444 e. The Hall–Kier alpha value is -3.10. The molecule has 214 valence electrons. The van der Waals surface area contributed by atoms with Crippen LogP contribution in [0.1, 0.15) is 103 Å². The van der Waals surface area contributed by atoms with Gasteiger partial charge in [0.1, 0.15) is 17.7 Å². The Kier molecular flexibility index (Phi) is 12.3. The number of unbranched alkanes of at least 4 members (excludes halogenated alkanes) is 1. The number of amides is 4. The number of rotatable bonds is 13. The van der Waals surface area contributed by atoms with Crippen LogP contribution < -0.4 is 16.4 Å². The Morgan fingerprint density at radius 2 is 1.58 bits per heavy atom. The quantitative estimate of drug-likeness (QED) is 0.323. The molecule has 1 aromatic rings. The average Bonchev–Trinajstić information content (AvgIpc) is 2.77. The van der Waals surface area contributed by atoms with Crippen LogP contribution in [0.4, 0.5) is 4.79 Å². The van der Waals surface area contributed by atoms with Gasteiger partial charge in [0.05, 0.1) is 0 Å². The molecule has 2 unspecified atom stereocenters. The largest absolute Gasteiger partial charge is 0.444 e. The number of carbonyl (C=O) groups excluding carboxylic acids is 4. The first-order valence-corrected chi connectivity index (χ1v) is 13.5. The van der Waals surface area contributed by atoms with Crippen LogP contribution in [0.3, 0.4) is 0 Å². The summed E-state index contributed by atoms with van der Waals surface area (Å²) < 4.78 is 5.39. The highest BCUT2D eigenvalue weighted by atomic mass is 16.6. The zero-order valence-electron chi connectivity index (χ0n) is 24.7. The van der Waals surface area contributed by atoms with Crippen LogP contribution in [0.15, 0.2) is 18.2 Å². The highest BCUT2D eigenvalue weighted by Gasteiger charge is 2.43. The smallest absolute Gasteiger partial charge is 0.408 e. The predicted molar refractivity (Wildman–Crippen MR) is 149 cm³/mol. The summed E-state index contributed by atoms with van der Waals surface area (Å²) in [7, 11) is 0. The van der Waals surface area contributed by atoms with Crippen LogP contribution in [0.25, 0.3) is 0 Å². The summed E-state index contributed by atoms with van der Waals surface area (Å²) in [5, 5.41) is 5.63. The first-order chi connectivity index (χ1) is 17.5. The van der Waals surface area contributed by atoms with E-state index < -0.39 is 41.1 Å². The molecule has 9 nitrogen and oxygen atoms in total. The van der Waals surface area contributed by atoms with Crippen LogP contribution >= 0.6 is 0 Å². The number of alkyl carbamates (subject to hydrolysis) is 1. The van der Waals surface area contributed by atoms with Gasteiger partial charge in [0.2, 0.25) is 17.7 Å². The Labute approximate surface area is 228 Å². The Morgan fingerprint density at radius 1 is 1.00 bits per heavy atom. The molecule has 1 rings (SSSR count). The highest BCUT2D eigenvalue weighted by molar-refractivity contribution is 5.93. The highest BCUT2D eigenvalue weighted by Crippen LogP contribution is 2.33. The fourth-order valence-corrected chi connectivity index (χ4v) is 4.18. The van der Waals surface area contributed by atoms with Gasteiger partial charge in [0.15, 0.2) is 0 Å². The number of primary amides is 1. The molecule has 2 atom stereocenters. The van der Waals surface area contributed by atoms with Gasteiger partial charge in [-0.3, -0.25) is 14.4 Å². The average molecular weight is 533 g/mol. The molecule has 38 heavy (non-hydrogen) atoms. The van der Waals surface area contributed by atoms with E-state index in [0.29, 0.717) is 18.5 Å². The van der Waals surface area contributed by atoms with Gasteiger partial charge < -0.3 is 26.0 Å². The number of carbonyl (C=O) groups is 4. The molecule has 0 bridgehead atoms. The second-order valence-corrected chi connectivity index (χ2v) is 11.5. The van der Waals surface area contributed by atoms with Crippen LogP contribution in [0.5, 0.6) is 0 Å². The number of ether oxygens (including phenoxy) is 1. The minimum absolute atomic E-state index is 0.0271. The van der Waals surface area contributed by atoms with Gasteiger partial charge in [-0.15, -0.1) is 0 Å². The zero-order chi connectivity index (χ0) is 29.3. The van der Waals surface area contributed by atoms with Gasteiger partial charge in [0, 0.05) is 18.5 Å². The summed E-state index contributed by atoms with van der Waals surface area (Å²) in [4.78, 5) is 53.9. The molecule has 0 fully saturated rings. The molecule has 9 heteroatoms. The normalized spacial score (nSPS) is 13.3. The van der Waals surface area contributed by atoms with Crippen molar-refractivity contribution >= 4 is 23.8 Å². The number of benzene rings is 1.